The lowest BCUT2D eigenvalue weighted by molar-refractivity contribution is -0.127. The summed E-state index contributed by atoms with van der Waals surface area (Å²) >= 11 is 0. The number of amides is 2. The minimum atomic E-state index is -0.617. The number of nitriles is 1. The van der Waals surface area contributed by atoms with Crippen LogP contribution in [0.15, 0.2) is 36.0 Å². The van der Waals surface area contributed by atoms with Gasteiger partial charge in [0.05, 0.1) is 17.9 Å². The maximum absolute atomic E-state index is 12.4. The summed E-state index contributed by atoms with van der Waals surface area (Å²) in [6, 6.07) is 8.38. The number of para-hydroxylation sites is 1. The van der Waals surface area contributed by atoms with Gasteiger partial charge in [-0.1, -0.05) is 25.5 Å². The third kappa shape index (κ3) is 6.92. The lowest BCUT2D eigenvalue weighted by Crippen LogP contribution is -2.27. The van der Waals surface area contributed by atoms with E-state index in [1.165, 1.54) is 6.20 Å². The Morgan fingerprint density at radius 3 is 2.80 bits per heavy atom. The SMILES string of the molecule is CCCCOC(=O)c1ccccc1NC(=O)/C(C#N)=C\NCCCN1CCCC1=O. The van der Waals surface area contributed by atoms with Crippen molar-refractivity contribution >= 4 is 23.5 Å². The number of carbonyl (C=O) groups excluding carboxylic acids is 3. The van der Waals surface area contributed by atoms with Gasteiger partial charge in [-0.25, -0.2) is 4.79 Å². The minimum Gasteiger partial charge on any atom is -0.462 e. The molecule has 0 aromatic heterocycles. The molecule has 1 aliphatic heterocycles. The van der Waals surface area contributed by atoms with Crippen LogP contribution in [0.2, 0.25) is 0 Å². The van der Waals surface area contributed by atoms with E-state index < -0.39 is 11.9 Å². The van der Waals surface area contributed by atoms with Crippen molar-refractivity contribution in [3.05, 3.63) is 41.6 Å². The number of nitrogens with one attached hydrogen (secondary N) is 2. The Hall–Kier alpha value is -3.34. The topological polar surface area (TPSA) is 112 Å². The van der Waals surface area contributed by atoms with E-state index in [-0.39, 0.29) is 22.7 Å². The summed E-state index contributed by atoms with van der Waals surface area (Å²) in [5, 5.41) is 14.8. The molecule has 30 heavy (non-hydrogen) atoms. The van der Waals surface area contributed by atoms with Crippen molar-refractivity contribution in [2.75, 3.05) is 31.6 Å². The van der Waals surface area contributed by atoms with Crippen LogP contribution in [0.5, 0.6) is 0 Å². The van der Waals surface area contributed by atoms with Gasteiger partial charge in [-0.2, -0.15) is 5.26 Å². The molecule has 8 nitrogen and oxygen atoms in total. The quantitative estimate of drug-likeness (QED) is 0.250. The number of carbonyl (C=O) groups is 3. The van der Waals surface area contributed by atoms with Crippen LogP contribution in [0.3, 0.4) is 0 Å². The van der Waals surface area contributed by atoms with Gasteiger partial charge >= 0.3 is 5.97 Å². The summed E-state index contributed by atoms with van der Waals surface area (Å²) in [6.07, 6.45) is 5.25. The van der Waals surface area contributed by atoms with Gasteiger partial charge in [0.15, 0.2) is 0 Å². The Kier molecular flexibility index (Phi) is 9.38. The molecular weight excluding hydrogens is 384 g/mol. The zero-order valence-corrected chi connectivity index (χ0v) is 17.3. The van der Waals surface area contributed by atoms with E-state index in [1.54, 1.807) is 24.3 Å². The molecule has 1 aliphatic rings. The average Bonchev–Trinajstić information content (AvgIpc) is 3.15. The fourth-order valence-electron chi connectivity index (χ4n) is 2.98. The Morgan fingerprint density at radius 2 is 2.10 bits per heavy atom. The third-order valence-electron chi connectivity index (χ3n) is 4.66. The predicted octanol–water partition coefficient (Wildman–Crippen LogP) is 2.59. The van der Waals surface area contributed by atoms with Crippen LogP contribution in [-0.2, 0) is 14.3 Å². The number of unbranched alkanes of at least 4 members (excludes halogenated alkanes) is 1. The molecule has 160 valence electrons. The zero-order chi connectivity index (χ0) is 21.8. The van der Waals surface area contributed by atoms with Crippen LogP contribution >= 0.6 is 0 Å². The number of nitrogens with zero attached hydrogens (tertiary/aromatic N) is 2. The molecule has 2 amide bonds. The highest BCUT2D eigenvalue weighted by atomic mass is 16.5. The van der Waals surface area contributed by atoms with Crippen LogP contribution in [0, 0.1) is 11.3 Å². The summed E-state index contributed by atoms with van der Waals surface area (Å²) in [4.78, 5) is 38.1. The molecule has 0 radical (unpaired) electrons. The van der Waals surface area contributed by atoms with Gasteiger partial charge in [0.1, 0.15) is 11.6 Å². The smallest absolute Gasteiger partial charge is 0.340 e. The molecular formula is C22H28N4O4. The van der Waals surface area contributed by atoms with Crippen LogP contribution in [-0.4, -0.2) is 48.9 Å². The first-order valence-electron chi connectivity index (χ1n) is 10.3. The standard InChI is InChI=1S/C22H28N4O4/c1-2-3-14-30-22(29)18-8-4-5-9-19(18)25-21(28)17(15-23)16-24-11-7-13-26-12-6-10-20(26)27/h4-5,8-9,16,24H,2-3,6-7,10-14H2,1H3,(H,25,28)/b17-16-. The van der Waals surface area contributed by atoms with E-state index in [4.69, 9.17) is 4.74 Å². The van der Waals surface area contributed by atoms with E-state index in [0.29, 0.717) is 26.1 Å². The van der Waals surface area contributed by atoms with Gasteiger partial charge in [0.25, 0.3) is 5.91 Å². The summed E-state index contributed by atoms with van der Waals surface area (Å²) in [5.41, 5.74) is 0.418. The third-order valence-corrected chi connectivity index (χ3v) is 4.66. The van der Waals surface area contributed by atoms with Crippen molar-refractivity contribution in [1.82, 2.24) is 10.2 Å². The summed E-state index contributed by atoms with van der Waals surface area (Å²) in [5.74, 6) is -0.959. The second kappa shape index (κ2) is 12.3. The van der Waals surface area contributed by atoms with Crippen LogP contribution in [0.4, 0.5) is 5.69 Å². The van der Waals surface area contributed by atoms with Gasteiger partial charge in [-0.3, -0.25) is 9.59 Å². The Bertz CT molecular complexity index is 829. The Morgan fingerprint density at radius 1 is 1.30 bits per heavy atom. The Balaban J connectivity index is 1.88. The zero-order valence-electron chi connectivity index (χ0n) is 17.3. The lowest BCUT2D eigenvalue weighted by atomic mass is 10.1. The molecule has 1 aromatic carbocycles. The number of likely N-dealkylation sites (tertiary alicyclic amines) is 1. The molecule has 0 atom stereocenters. The van der Waals surface area contributed by atoms with Gasteiger partial charge in [-0.15, -0.1) is 0 Å². The largest absolute Gasteiger partial charge is 0.462 e. The van der Waals surface area contributed by atoms with E-state index in [2.05, 4.69) is 10.6 Å². The highest BCUT2D eigenvalue weighted by molar-refractivity contribution is 6.09. The number of benzene rings is 1. The second-order valence-electron chi connectivity index (χ2n) is 6.95. The van der Waals surface area contributed by atoms with Crippen molar-refractivity contribution in [2.24, 2.45) is 0 Å². The van der Waals surface area contributed by atoms with Crippen LogP contribution in [0.1, 0.15) is 49.4 Å². The molecule has 0 bridgehead atoms. The maximum Gasteiger partial charge on any atom is 0.340 e. The van der Waals surface area contributed by atoms with E-state index >= 15 is 0 Å². The van der Waals surface area contributed by atoms with Gasteiger partial charge in [0, 0.05) is 32.3 Å². The first-order valence-corrected chi connectivity index (χ1v) is 10.3. The number of anilines is 1. The van der Waals surface area contributed by atoms with E-state index in [0.717, 1.165) is 32.2 Å². The van der Waals surface area contributed by atoms with E-state index in [1.807, 2.05) is 17.9 Å². The molecule has 0 unspecified atom stereocenters. The predicted molar refractivity (Wildman–Crippen MR) is 112 cm³/mol. The fourth-order valence-corrected chi connectivity index (χ4v) is 2.98. The van der Waals surface area contributed by atoms with Crippen molar-refractivity contribution in [3.8, 4) is 6.07 Å². The number of esters is 1. The molecule has 1 saturated heterocycles. The first kappa shape index (κ1) is 22.9. The number of rotatable bonds is 11. The van der Waals surface area contributed by atoms with Crippen LogP contribution < -0.4 is 10.6 Å². The van der Waals surface area contributed by atoms with Gasteiger partial charge in [0.2, 0.25) is 5.91 Å². The summed E-state index contributed by atoms with van der Waals surface area (Å²) in [6.45, 7) is 4.29. The summed E-state index contributed by atoms with van der Waals surface area (Å²) in [7, 11) is 0. The minimum absolute atomic E-state index is 0.110. The lowest BCUT2D eigenvalue weighted by Gasteiger charge is -2.15. The highest BCUT2D eigenvalue weighted by Gasteiger charge is 2.19. The molecule has 2 N–H and O–H groups in total. The van der Waals surface area contributed by atoms with Crippen molar-refractivity contribution in [3.63, 3.8) is 0 Å². The maximum atomic E-state index is 12.4. The van der Waals surface area contributed by atoms with Crippen molar-refractivity contribution < 1.29 is 19.1 Å². The average molecular weight is 412 g/mol. The number of hydrogen-bond acceptors (Lipinski definition) is 6. The monoisotopic (exact) mass is 412 g/mol. The molecule has 1 aromatic rings. The van der Waals surface area contributed by atoms with Crippen LogP contribution in [0.25, 0.3) is 0 Å². The molecule has 0 aliphatic carbocycles. The first-order chi connectivity index (χ1) is 14.6. The van der Waals surface area contributed by atoms with Crippen molar-refractivity contribution in [1.29, 1.82) is 5.26 Å². The normalized spacial score (nSPS) is 13.7. The number of ether oxygens (including phenoxy) is 1. The van der Waals surface area contributed by atoms with Gasteiger partial charge in [-0.05, 0) is 31.4 Å². The van der Waals surface area contributed by atoms with Gasteiger partial charge < -0.3 is 20.3 Å². The second-order valence-corrected chi connectivity index (χ2v) is 6.95. The molecule has 0 saturated carbocycles. The number of hydrogen-bond donors (Lipinski definition) is 2. The fraction of sp³-hybridized carbons (Fsp3) is 0.455. The summed E-state index contributed by atoms with van der Waals surface area (Å²) < 4.78 is 5.21. The Labute approximate surface area is 176 Å². The van der Waals surface area contributed by atoms with E-state index in [9.17, 15) is 19.6 Å². The highest BCUT2D eigenvalue weighted by Crippen LogP contribution is 2.17. The molecule has 1 heterocycles. The molecule has 1 fully saturated rings. The molecule has 0 spiro atoms. The molecule has 8 heteroatoms. The van der Waals surface area contributed by atoms with Crippen molar-refractivity contribution in [2.45, 2.75) is 39.0 Å². The molecule has 2 rings (SSSR count).